The molecule has 0 aromatic carbocycles. The highest BCUT2D eigenvalue weighted by Gasteiger charge is 2.23. The summed E-state index contributed by atoms with van der Waals surface area (Å²) >= 11 is 1.22. The van der Waals surface area contributed by atoms with Crippen LogP contribution in [-0.4, -0.2) is 19.6 Å². The summed E-state index contributed by atoms with van der Waals surface area (Å²) in [5.41, 5.74) is 1.54. The lowest BCUT2D eigenvalue weighted by Crippen LogP contribution is -2.33. The van der Waals surface area contributed by atoms with Gasteiger partial charge in [0.05, 0.1) is 5.69 Å². The second-order valence-electron chi connectivity index (χ2n) is 5.80. The zero-order chi connectivity index (χ0) is 15.6. The Bertz CT molecular complexity index is 726. The summed E-state index contributed by atoms with van der Waals surface area (Å²) in [5.74, 6) is 0.602. The van der Waals surface area contributed by atoms with Crippen LogP contribution in [-0.2, 0) is 10.0 Å². The minimum absolute atomic E-state index is 0.0607. The Morgan fingerprint density at radius 2 is 1.95 bits per heavy atom. The van der Waals surface area contributed by atoms with E-state index in [1.165, 1.54) is 24.2 Å². The van der Waals surface area contributed by atoms with Crippen LogP contribution in [0.2, 0.25) is 0 Å². The predicted octanol–water partition coefficient (Wildman–Crippen LogP) is 3.71. The van der Waals surface area contributed by atoms with E-state index in [1.54, 1.807) is 17.5 Å². The fraction of sp³-hybridized carbons (Fsp3) is 0.533. The first-order valence-corrected chi connectivity index (χ1v) is 9.95. The van der Waals surface area contributed by atoms with E-state index in [-0.39, 0.29) is 6.04 Å². The topological polar surface area (TPSA) is 72.2 Å². The molecule has 1 fully saturated rings. The second-order valence-corrected chi connectivity index (χ2v) is 8.65. The molecule has 22 heavy (non-hydrogen) atoms. The van der Waals surface area contributed by atoms with Crippen molar-refractivity contribution in [1.82, 2.24) is 9.88 Å². The standard InChI is InChI=1S/C15H20N2O3S2/c1-11-8-14(20-16-11)12-9-15(21-10-12)22(18,19)17-13-6-4-2-3-5-7-13/h8-10,13,17H,2-7H2,1H3. The molecule has 0 atom stereocenters. The monoisotopic (exact) mass is 340 g/mol. The summed E-state index contributed by atoms with van der Waals surface area (Å²) in [6.07, 6.45) is 6.45. The van der Waals surface area contributed by atoms with E-state index in [0.29, 0.717) is 9.97 Å². The first-order chi connectivity index (χ1) is 10.5. The first-order valence-electron chi connectivity index (χ1n) is 7.59. The third-order valence-corrected chi connectivity index (χ3v) is 6.89. The van der Waals surface area contributed by atoms with E-state index < -0.39 is 10.0 Å². The highest BCUT2D eigenvalue weighted by Crippen LogP contribution is 2.29. The molecule has 2 aromatic rings. The summed E-state index contributed by atoms with van der Waals surface area (Å²) in [6.45, 7) is 1.84. The third kappa shape index (κ3) is 3.59. The van der Waals surface area contributed by atoms with Crippen LogP contribution in [0.4, 0.5) is 0 Å². The number of aryl methyl sites for hydroxylation is 1. The summed E-state index contributed by atoms with van der Waals surface area (Å²) in [5, 5.41) is 5.63. The molecule has 0 amide bonds. The average molecular weight is 340 g/mol. The third-order valence-electron chi connectivity index (χ3n) is 3.93. The molecular formula is C15H20N2O3S2. The maximum absolute atomic E-state index is 12.5. The van der Waals surface area contributed by atoms with Gasteiger partial charge in [0.2, 0.25) is 10.0 Å². The molecular weight excluding hydrogens is 320 g/mol. The number of aromatic nitrogens is 1. The minimum Gasteiger partial charge on any atom is -0.356 e. The van der Waals surface area contributed by atoms with Crippen LogP contribution in [0.15, 0.2) is 26.2 Å². The van der Waals surface area contributed by atoms with Gasteiger partial charge in [0.25, 0.3) is 0 Å². The number of hydrogen-bond donors (Lipinski definition) is 1. The smallest absolute Gasteiger partial charge is 0.250 e. The quantitative estimate of drug-likeness (QED) is 0.861. The number of hydrogen-bond acceptors (Lipinski definition) is 5. The van der Waals surface area contributed by atoms with Crippen molar-refractivity contribution >= 4 is 21.4 Å². The largest absolute Gasteiger partial charge is 0.356 e. The first kappa shape index (κ1) is 15.7. The van der Waals surface area contributed by atoms with Crippen molar-refractivity contribution < 1.29 is 12.9 Å². The number of rotatable bonds is 4. The van der Waals surface area contributed by atoms with Gasteiger partial charge in [0.1, 0.15) is 4.21 Å². The molecule has 0 unspecified atom stereocenters. The molecule has 0 radical (unpaired) electrons. The van der Waals surface area contributed by atoms with Gasteiger partial charge in [-0.25, -0.2) is 13.1 Å². The SMILES string of the molecule is Cc1cc(-c2csc(S(=O)(=O)NC3CCCCCC3)c2)on1. The van der Waals surface area contributed by atoms with E-state index in [9.17, 15) is 8.42 Å². The maximum atomic E-state index is 12.5. The Morgan fingerprint density at radius 3 is 2.59 bits per heavy atom. The molecule has 2 heterocycles. The highest BCUT2D eigenvalue weighted by molar-refractivity contribution is 7.91. The fourth-order valence-electron chi connectivity index (χ4n) is 2.76. The molecule has 5 nitrogen and oxygen atoms in total. The lowest BCUT2D eigenvalue weighted by atomic mass is 10.1. The molecule has 0 aliphatic heterocycles. The van der Waals surface area contributed by atoms with Crippen LogP contribution >= 0.6 is 11.3 Å². The van der Waals surface area contributed by atoms with Gasteiger partial charge in [0, 0.05) is 23.1 Å². The van der Waals surface area contributed by atoms with Crippen molar-refractivity contribution in [1.29, 1.82) is 0 Å². The van der Waals surface area contributed by atoms with Gasteiger partial charge in [-0.2, -0.15) is 0 Å². The average Bonchev–Trinajstić information content (AvgIpc) is 3.04. The van der Waals surface area contributed by atoms with Gasteiger partial charge in [-0.1, -0.05) is 30.8 Å². The Balaban J connectivity index is 1.76. The molecule has 3 rings (SSSR count). The Labute approximate surface area is 134 Å². The molecule has 1 aliphatic carbocycles. The van der Waals surface area contributed by atoms with Crippen molar-refractivity contribution in [2.45, 2.75) is 55.7 Å². The van der Waals surface area contributed by atoms with E-state index in [4.69, 9.17) is 4.52 Å². The molecule has 1 N–H and O–H groups in total. The molecule has 2 aromatic heterocycles. The number of nitrogens with zero attached hydrogens (tertiary/aromatic N) is 1. The van der Waals surface area contributed by atoms with Crippen molar-refractivity contribution in [3.8, 4) is 11.3 Å². The van der Waals surface area contributed by atoms with E-state index in [2.05, 4.69) is 9.88 Å². The lowest BCUT2D eigenvalue weighted by molar-refractivity contribution is 0.427. The van der Waals surface area contributed by atoms with Crippen LogP contribution in [0, 0.1) is 6.92 Å². The summed E-state index contributed by atoms with van der Waals surface area (Å²) in [7, 11) is -3.45. The van der Waals surface area contributed by atoms with Crippen molar-refractivity contribution in [2.75, 3.05) is 0 Å². The van der Waals surface area contributed by atoms with Crippen LogP contribution < -0.4 is 4.72 Å². The molecule has 120 valence electrons. The number of nitrogens with one attached hydrogen (secondary N) is 1. The Hall–Kier alpha value is -1.18. The summed E-state index contributed by atoms with van der Waals surface area (Å²) in [4.78, 5) is 0. The molecule has 1 aliphatic rings. The highest BCUT2D eigenvalue weighted by atomic mass is 32.2. The van der Waals surface area contributed by atoms with Crippen LogP contribution in [0.25, 0.3) is 11.3 Å². The van der Waals surface area contributed by atoms with Crippen molar-refractivity contribution in [2.24, 2.45) is 0 Å². The fourth-order valence-corrected chi connectivity index (χ4v) is 5.25. The number of thiophene rings is 1. The van der Waals surface area contributed by atoms with E-state index in [0.717, 1.165) is 36.9 Å². The predicted molar refractivity (Wildman–Crippen MR) is 86.4 cm³/mol. The molecule has 7 heteroatoms. The zero-order valence-corrected chi connectivity index (χ0v) is 14.2. The Kier molecular flexibility index (Phi) is 4.65. The van der Waals surface area contributed by atoms with E-state index in [1.807, 2.05) is 6.92 Å². The van der Waals surface area contributed by atoms with Gasteiger partial charge < -0.3 is 4.52 Å². The van der Waals surface area contributed by atoms with Gasteiger partial charge in [-0.3, -0.25) is 0 Å². The summed E-state index contributed by atoms with van der Waals surface area (Å²) in [6, 6.07) is 3.52. The maximum Gasteiger partial charge on any atom is 0.250 e. The van der Waals surface area contributed by atoms with Gasteiger partial charge in [0.15, 0.2) is 5.76 Å². The van der Waals surface area contributed by atoms with E-state index >= 15 is 0 Å². The molecule has 0 saturated heterocycles. The second kappa shape index (κ2) is 6.52. The van der Waals surface area contributed by atoms with Crippen molar-refractivity contribution in [3.05, 3.63) is 23.2 Å². The van der Waals surface area contributed by atoms with Crippen molar-refractivity contribution in [3.63, 3.8) is 0 Å². The molecule has 0 spiro atoms. The summed E-state index contributed by atoms with van der Waals surface area (Å²) < 4.78 is 33.4. The Morgan fingerprint density at radius 1 is 1.23 bits per heavy atom. The molecule has 0 bridgehead atoms. The number of sulfonamides is 1. The van der Waals surface area contributed by atoms with Gasteiger partial charge in [-0.15, -0.1) is 11.3 Å². The van der Waals surface area contributed by atoms with Crippen LogP contribution in [0.5, 0.6) is 0 Å². The van der Waals surface area contributed by atoms with Gasteiger partial charge in [-0.05, 0) is 25.8 Å². The molecule has 1 saturated carbocycles. The lowest BCUT2D eigenvalue weighted by Gasteiger charge is -2.15. The zero-order valence-electron chi connectivity index (χ0n) is 12.5. The van der Waals surface area contributed by atoms with Gasteiger partial charge >= 0.3 is 0 Å². The minimum atomic E-state index is -3.45. The van der Waals surface area contributed by atoms with Crippen LogP contribution in [0.3, 0.4) is 0 Å². The van der Waals surface area contributed by atoms with Crippen LogP contribution in [0.1, 0.15) is 44.2 Å². The normalized spacial score (nSPS) is 17.5.